The van der Waals surface area contributed by atoms with Crippen molar-refractivity contribution in [3.63, 3.8) is 0 Å². The molecule has 1 aromatic rings. The van der Waals surface area contributed by atoms with Gasteiger partial charge in [-0.3, -0.25) is 0 Å². The number of methoxy groups -OCH3 is 1. The zero-order chi connectivity index (χ0) is 13.1. The number of likely N-dealkylation sites (N-methyl/N-ethyl adjacent to an activating group) is 1. The molecule has 0 radical (unpaired) electrons. The molecule has 7 heteroatoms. The molecular weight excluding hydrogens is 282 g/mol. The predicted octanol–water partition coefficient (Wildman–Crippen LogP) is 2.14. The van der Waals surface area contributed by atoms with Gasteiger partial charge >= 0.3 is 0 Å². The van der Waals surface area contributed by atoms with Gasteiger partial charge < -0.3 is 4.74 Å². The summed E-state index contributed by atoms with van der Waals surface area (Å²) < 4.78 is 30.7. The van der Waals surface area contributed by atoms with E-state index in [1.165, 1.54) is 15.6 Å². The highest BCUT2D eigenvalue weighted by Crippen LogP contribution is 2.24. The van der Waals surface area contributed by atoms with Crippen LogP contribution in [0, 0.1) is 0 Å². The van der Waals surface area contributed by atoms with Crippen molar-refractivity contribution in [3.8, 4) is 0 Å². The van der Waals surface area contributed by atoms with Gasteiger partial charge in [0.2, 0.25) is 10.0 Å². The first-order valence-corrected chi connectivity index (χ1v) is 7.89. The molecule has 0 aliphatic heterocycles. The fourth-order valence-corrected chi connectivity index (χ4v) is 4.04. The van der Waals surface area contributed by atoms with Crippen LogP contribution in [0.25, 0.3) is 0 Å². The first-order valence-electron chi connectivity index (χ1n) is 5.03. The van der Waals surface area contributed by atoms with E-state index in [1.807, 2.05) is 0 Å². The van der Waals surface area contributed by atoms with Gasteiger partial charge in [-0.15, -0.1) is 22.9 Å². The van der Waals surface area contributed by atoms with Gasteiger partial charge in [0, 0.05) is 30.5 Å². The van der Waals surface area contributed by atoms with Crippen molar-refractivity contribution < 1.29 is 13.2 Å². The molecule has 0 amide bonds. The van der Waals surface area contributed by atoms with E-state index in [2.05, 4.69) is 0 Å². The molecule has 0 N–H and O–H groups in total. The van der Waals surface area contributed by atoms with Gasteiger partial charge in [-0.05, 0) is 13.0 Å². The molecule has 1 unspecified atom stereocenters. The molecule has 0 fully saturated rings. The Morgan fingerprint density at radius 3 is 2.71 bits per heavy atom. The Balaban J connectivity index is 2.94. The second kappa shape index (κ2) is 6.15. The summed E-state index contributed by atoms with van der Waals surface area (Å²) in [5, 5.41) is 1.61. The van der Waals surface area contributed by atoms with Crippen LogP contribution in [0.3, 0.4) is 0 Å². The van der Waals surface area contributed by atoms with Crippen LogP contribution in [0.1, 0.15) is 11.8 Å². The van der Waals surface area contributed by atoms with Crippen LogP contribution in [0.5, 0.6) is 0 Å². The number of hydrogen-bond acceptors (Lipinski definition) is 4. The average molecular weight is 298 g/mol. The van der Waals surface area contributed by atoms with Crippen LogP contribution in [0.4, 0.5) is 0 Å². The normalized spacial score (nSPS) is 14.2. The Morgan fingerprint density at radius 1 is 1.59 bits per heavy atom. The molecule has 1 aromatic heterocycles. The molecule has 1 rings (SSSR count). The molecule has 1 atom stereocenters. The maximum atomic E-state index is 12.2. The summed E-state index contributed by atoms with van der Waals surface area (Å²) in [5.41, 5.74) is 0. The molecule has 4 nitrogen and oxygen atoms in total. The lowest BCUT2D eigenvalue weighted by molar-refractivity contribution is 0.149. The summed E-state index contributed by atoms with van der Waals surface area (Å²) in [6.45, 7) is 2.16. The minimum Gasteiger partial charge on any atom is -0.383 e. The zero-order valence-electron chi connectivity index (χ0n) is 10.0. The monoisotopic (exact) mass is 297 g/mol. The van der Waals surface area contributed by atoms with Crippen molar-refractivity contribution in [2.24, 2.45) is 0 Å². The van der Waals surface area contributed by atoms with Crippen molar-refractivity contribution in [2.45, 2.75) is 23.7 Å². The molecule has 0 aromatic carbocycles. The number of hydrogen-bond donors (Lipinski definition) is 0. The standard InChI is InChI=1S/C10H16ClNO3S2/c1-8(6-15-3)12(2)17(13,14)10-4-9(5-11)16-7-10/h4,7-8H,5-6H2,1-3H3. The number of halogens is 1. The van der Waals surface area contributed by atoms with Crippen LogP contribution in [-0.4, -0.2) is 39.5 Å². The first-order chi connectivity index (χ1) is 7.93. The maximum absolute atomic E-state index is 12.2. The number of alkyl halides is 1. The molecule has 0 saturated carbocycles. The largest absolute Gasteiger partial charge is 0.383 e. The summed E-state index contributed by atoms with van der Waals surface area (Å²) in [6, 6.07) is 1.41. The highest BCUT2D eigenvalue weighted by Gasteiger charge is 2.26. The average Bonchev–Trinajstić information content (AvgIpc) is 2.77. The first kappa shape index (κ1) is 14.9. The van der Waals surface area contributed by atoms with E-state index in [9.17, 15) is 8.42 Å². The van der Waals surface area contributed by atoms with E-state index in [4.69, 9.17) is 16.3 Å². The lowest BCUT2D eigenvalue weighted by Gasteiger charge is -2.22. The SMILES string of the molecule is COCC(C)N(C)S(=O)(=O)c1csc(CCl)c1. The second-order valence-electron chi connectivity index (χ2n) is 3.71. The predicted molar refractivity (Wildman–Crippen MR) is 70.2 cm³/mol. The summed E-state index contributed by atoms with van der Waals surface area (Å²) in [6.07, 6.45) is 0. The van der Waals surface area contributed by atoms with E-state index >= 15 is 0 Å². The minimum absolute atomic E-state index is 0.204. The molecule has 1 heterocycles. The van der Waals surface area contributed by atoms with Crippen molar-refractivity contribution in [1.29, 1.82) is 0 Å². The third kappa shape index (κ3) is 3.42. The van der Waals surface area contributed by atoms with Crippen LogP contribution in [0.2, 0.25) is 0 Å². The topological polar surface area (TPSA) is 46.6 Å². The summed E-state index contributed by atoms with van der Waals surface area (Å²) in [7, 11) is -0.343. The Kier molecular flexibility index (Phi) is 5.40. The smallest absolute Gasteiger partial charge is 0.243 e. The zero-order valence-corrected chi connectivity index (χ0v) is 12.4. The number of rotatable bonds is 6. The van der Waals surface area contributed by atoms with E-state index in [0.29, 0.717) is 17.4 Å². The van der Waals surface area contributed by atoms with Gasteiger partial charge in [0.15, 0.2) is 0 Å². The number of nitrogens with zero attached hydrogens (tertiary/aromatic N) is 1. The van der Waals surface area contributed by atoms with E-state index in [0.717, 1.165) is 4.88 Å². The highest BCUT2D eigenvalue weighted by atomic mass is 35.5. The third-order valence-electron chi connectivity index (χ3n) is 2.47. The summed E-state index contributed by atoms with van der Waals surface area (Å²) in [5.74, 6) is 0.331. The fourth-order valence-electron chi connectivity index (χ4n) is 1.32. The number of ether oxygens (including phenoxy) is 1. The molecule has 98 valence electrons. The Morgan fingerprint density at radius 2 is 2.24 bits per heavy atom. The highest BCUT2D eigenvalue weighted by molar-refractivity contribution is 7.89. The van der Waals surface area contributed by atoms with Crippen LogP contribution < -0.4 is 0 Å². The van der Waals surface area contributed by atoms with Crippen molar-refractivity contribution >= 4 is 33.0 Å². The second-order valence-corrected chi connectivity index (χ2v) is 6.97. The maximum Gasteiger partial charge on any atom is 0.243 e. The summed E-state index contributed by atoms with van der Waals surface area (Å²) >= 11 is 7.01. The lowest BCUT2D eigenvalue weighted by atomic mass is 10.4. The van der Waals surface area contributed by atoms with E-state index in [-0.39, 0.29) is 6.04 Å². The van der Waals surface area contributed by atoms with Gasteiger partial charge in [0.25, 0.3) is 0 Å². The molecule has 0 bridgehead atoms. The molecule has 0 aliphatic carbocycles. The quantitative estimate of drug-likeness (QED) is 0.756. The van der Waals surface area contributed by atoms with E-state index in [1.54, 1.807) is 32.5 Å². The van der Waals surface area contributed by atoms with Crippen molar-refractivity contribution in [2.75, 3.05) is 20.8 Å². The molecular formula is C10H16ClNO3S2. The Hall–Kier alpha value is -0.140. The summed E-state index contributed by atoms with van der Waals surface area (Å²) in [4.78, 5) is 1.14. The van der Waals surface area contributed by atoms with Gasteiger partial charge in [0.05, 0.1) is 17.4 Å². The molecule has 0 spiro atoms. The van der Waals surface area contributed by atoms with Crippen LogP contribution in [0.15, 0.2) is 16.3 Å². The van der Waals surface area contributed by atoms with Crippen LogP contribution >= 0.6 is 22.9 Å². The van der Waals surface area contributed by atoms with Crippen molar-refractivity contribution in [1.82, 2.24) is 4.31 Å². The Bertz CT molecular complexity index is 458. The van der Waals surface area contributed by atoms with Gasteiger partial charge in [-0.25, -0.2) is 8.42 Å². The van der Waals surface area contributed by atoms with E-state index < -0.39 is 10.0 Å². The molecule has 0 aliphatic rings. The number of sulfonamides is 1. The molecule has 0 saturated heterocycles. The van der Waals surface area contributed by atoms with Crippen LogP contribution in [-0.2, 0) is 20.6 Å². The van der Waals surface area contributed by atoms with Gasteiger partial charge in [-0.1, -0.05) is 0 Å². The Labute approximate surface area is 111 Å². The van der Waals surface area contributed by atoms with Gasteiger partial charge in [0.1, 0.15) is 0 Å². The minimum atomic E-state index is -3.44. The number of thiophene rings is 1. The third-order valence-corrected chi connectivity index (χ3v) is 5.95. The fraction of sp³-hybridized carbons (Fsp3) is 0.600. The van der Waals surface area contributed by atoms with Crippen molar-refractivity contribution in [3.05, 3.63) is 16.3 Å². The van der Waals surface area contributed by atoms with Gasteiger partial charge in [-0.2, -0.15) is 4.31 Å². The lowest BCUT2D eigenvalue weighted by Crippen LogP contribution is -2.37. The molecule has 17 heavy (non-hydrogen) atoms.